The molecule has 2 rings (SSSR count). The predicted molar refractivity (Wildman–Crippen MR) is 123 cm³/mol. The Hall–Kier alpha value is -1.39. The van der Waals surface area contributed by atoms with Gasteiger partial charge < -0.3 is 19.7 Å². The lowest BCUT2D eigenvalue weighted by atomic mass is 10.2. The molecule has 0 amide bonds. The minimum Gasteiger partial charge on any atom is -0.475 e. The number of methoxy groups -OCH3 is 1. The minimum atomic E-state index is 0. The largest absolute Gasteiger partial charge is 0.475 e. The number of rotatable bonds is 8. The SMILES string of the molecule is CN=C(NCc1cccnc1OCCOC)N(C)Cc1ccccc1Br.I. The molecule has 1 aromatic carbocycles. The molecule has 0 radical (unpaired) electrons. The van der Waals surface area contributed by atoms with Crippen molar-refractivity contribution in [2.24, 2.45) is 4.99 Å². The number of hydrogen-bond donors (Lipinski definition) is 1. The summed E-state index contributed by atoms with van der Waals surface area (Å²) >= 11 is 3.59. The second kappa shape index (κ2) is 12.9. The van der Waals surface area contributed by atoms with Crippen molar-refractivity contribution in [3.05, 3.63) is 58.2 Å². The van der Waals surface area contributed by atoms with E-state index < -0.39 is 0 Å². The summed E-state index contributed by atoms with van der Waals surface area (Å²) in [6.07, 6.45) is 1.72. The Balaban J connectivity index is 0.00000364. The number of aromatic nitrogens is 1. The first kappa shape index (κ1) is 23.6. The predicted octanol–water partition coefficient (Wildman–Crippen LogP) is 3.69. The van der Waals surface area contributed by atoms with Crippen molar-refractivity contribution < 1.29 is 9.47 Å². The lowest BCUT2D eigenvalue weighted by Crippen LogP contribution is -2.38. The number of nitrogens with one attached hydrogen (secondary N) is 1. The molecule has 0 atom stereocenters. The van der Waals surface area contributed by atoms with Crippen molar-refractivity contribution in [3.63, 3.8) is 0 Å². The maximum Gasteiger partial charge on any atom is 0.218 e. The standard InChI is InChI=1S/C19H25BrN4O2.HI/c1-21-19(24(2)14-16-7-4-5-9-17(16)20)23-13-15-8-6-10-22-18(15)26-12-11-25-3;/h4-10H,11-14H2,1-3H3,(H,21,23);1H. The first-order valence-electron chi connectivity index (χ1n) is 8.36. The normalized spacial score (nSPS) is 10.9. The van der Waals surface area contributed by atoms with E-state index in [1.54, 1.807) is 20.4 Å². The van der Waals surface area contributed by atoms with Crippen LogP contribution in [0.3, 0.4) is 0 Å². The molecule has 148 valence electrons. The average molecular weight is 549 g/mol. The Morgan fingerprint density at radius 3 is 2.63 bits per heavy atom. The van der Waals surface area contributed by atoms with Gasteiger partial charge in [0, 0.05) is 50.5 Å². The van der Waals surface area contributed by atoms with Gasteiger partial charge in [-0.05, 0) is 17.7 Å². The van der Waals surface area contributed by atoms with Gasteiger partial charge in [0.05, 0.1) is 6.61 Å². The van der Waals surface area contributed by atoms with Crippen LogP contribution < -0.4 is 10.1 Å². The Labute approximate surface area is 186 Å². The van der Waals surface area contributed by atoms with E-state index in [0.29, 0.717) is 25.6 Å². The topological polar surface area (TPSA) is 59.0 Å². The zero-order valence-corrected chi connectivity index (χ0v) is 19.7. The Morgan fingerprint density at radius 2 is 1.93 bits per heavy atom. The third kappa shape index (κ3) is 7.63. The number of nitrogens with zero attached hydrogens (tertiary/aromatic N) is 3. The number of hydrogen-bond acceptors (Lipinski definition) is 4. The molecule has 1 heterocycles. The third-order valence-corrected chi connectivity index (χ3v) is 4.53. The lowest BCUT2D eigenvalue weighted by Gasteiger charge is -2.23. The van der Waals surface area contributed by atoms with Crippen molar-refractivity contribution in [2.45, 2.75) is 13.1 Å². The van der Waals surface area contributed by atoms with Gasteiger partial charge in [-0.15, -0.1) is 24.0 Å². The van der Waals surface area contributed by atoms with Gasteiger partial charge in [0.1, 0.15) is 6.61 Å². The van der Waals surface area contributed by atoms with Crippen LogP contribution in [0.4, 0.5) is 0 Å². The number of pyridine rings is 1. The van der Waals surface area contributed by atoms with Crippen molar-refractivity contribution in [3.8, 4) is 5.88 Å². The number of ether oxygens (including phenoxy) is 2. The Kier molecular flexibility index (Phi) is 11.3. The average Bonchev–Trinajstić information content (AvgIpc) is 2.65. The fourth-order valence-electron chi connectivity index (χ4n) is 2.43. The summed E-state index contributed by atoms with van der Waals surface area (Å²) in [4.78, 5) is 10.7. The molecule has 0 saturated heterocycles. The fraction of sp³-hybridized carbons (Fsp3) is 0.368. The van der Waals surface area contributed by atoms with Crippen LogP contribution in [0.5, 0.6) is 5.88 Å². The van der Waals surface area contributed by atoms with Gasteiger partial charge in [0.2, 0.25) is 5.88 Å². The zero-order chi connectivity index (χ0) is 18.8. The van der Waals surface area contributed by atoms with E-state index in [0.717, 1.165) is 22.5 Å². The molecule has 0 aliphatic carbocycles. The highest BCUT2D eigenvalue weighted by atomic mass is 127. The monoisotopic (exact) mass is 548 g/mol. The second-order valence-corrected chi connectivity index (χ2v) is 6.51. The molecular formula is C19H26BrIN4O2. The summed E-state index contributed by atoms with van der Waals surface area (Å²) in [5.41, 5.74) is 2.17. The van der Waals surface area contributed by atoms with Gasteiger partial charge in [-0.1, -0.05) is 40.2 Å². The smallest absolute Gasteiger partial charge is 0.218 e. The number of halogens is 2. The number of benzene rings is 1. The summed E-state index contributed by atoms with van der Waals surface area (Å²) < 4.78 is 11.8. The van der Waals surface area contributed by atoms with Crippen LogP contribution in [-0.2, 0) is 17.8 Å². The molecule has 0 aliphatic heterocycles. The van der Waals surface area contributed by atoms with Crippen LogP contribution in [0, 0.1) is 0 Å². The van der Waals surface area contributed by atoms with Crippen molar-refractivity contribution >= 4 is 45.9 Å². The first-order chi connectivity index (χ1) is 12.7. The molecule has 0 bridgehead atoms. The maximum atomic E-state index is 5.68. The molecule has 0 saturated carbocycles. The van der Waals surface area contributed by atoms with Crippen LogP contribution in [0.2, 0.25) is 0 Å². The van der Waals surface area contributed by atoms with Crippen molar-refractivity contribution in [2.75, 3.05) is 34.4 Å². The molecule has 1 N–H and O–H groups in total. The van der Waals surface area contributed by atoms with Crippen LogP contribution in [0.15, 0.2) is 52.1 Å². The van der Waals surface area contributed by atoms with Crippen LogP contribution in [0.25, 0.3) is 0 Å². The summed E-state index contributed by atoms with van der Waals surface area (Å²) in [6.45, 7) is 2.31. The molecule has 1 aromatic heterocycles. The highest BCUT2D eigenvalue weighted by molar-refractivity contribution is 14.0. The van der Waals surface area contributed by atoms with Crippen LogP contribution in [0.1, 0.15) is 11.1 Å². The highest BCUT2D eigenvalue weighted by Crippen LogP contribution is 2.18. The molecule has 0 fully saturated rings. The van der Waals surface area contributed by atoms with E-state index in [2.05, 4.69) is 42.2 Å². The molecule has 27 heavy (non-hydrogen) atoms. The van der Waals surface area contributed by atoms with Crippen molar-refractivity contribution in [1.29, 1.82) is 0 Å². The summed E-state index contributed by atoms with van der Waals surface area (Å²) in [5.74, 6) is 1.41. The van der Waals surface area contributed by atoms with Crippen LogP contribution >= 0.6 is 39.9 Å². The van der Waals surface area contributed by atoms with E-state index in [9.17, 15) is 0 Å². The quantitative estimate of drug-likeness (QED) is 0.236. The van der Waals surface area contributed by atoms with Gasteiger partial charge in [0.15, 0.2) is 5.96 Å². The zero-order valence-electron chi connectivity index (χ0n) is 15.8. The Bertz CT molecular complexity index is 730. The lowest BCUT2D eigenvalue weighted by molar-refractivity contribution is 0.143. The minimum absolute atomic E-state index is 0. The molecule has 0 unspecified atom stereocenters. The molecule has 6 nitrogen and oxygen atoms in total. The van der Waals surface area contributed by atoms with Crippen molar-refractivity contribution in [1.82, 2.24) is 15.2 Å². The van der Waals surface area contributed by atoms with Gasteiger partial charge in [-0.25, -0.2) is 4.98 Å². The fourth-order valence-corrected chi connectivity index (χ4v) is 2.84. The molecule has 8 heteroatoms. The summed E-state index contributed by atoms with van der Waals surface area (Å²) in [7, 11) is 5.43. The highest BCUT2D eigenvalue weighted by Gasteiger charge is 2.10. The van der Waals surface area contributed by atoms with E-state index in [1.807, 2.05) is 37.4 Å². The van der Waals surface area contributed by atoms with Gasteiger partial charge in [-0.2, -0.15) is 0 Å². The van der Waals surface area contributed by atoms with Crippen LogP contribution in [-0.4, -0.2) is 50.3 Å². The van der Waals surface area contributed by atoms with E-state index in [-0.39, 0.29) is 24.0 Å². The van der Waals surface area contributed by atoms with E-state index in [1.165, 1.54) is 5.56 Å². The Morgan fingerprint density at radius 1 is 1.19 bits per heavy atom. The summed E-state index contributed by atoms with van der Waals surface area (Å²) in [6, 6.07) is 12.1. The molecule has 0 aliphatic rings. The van der Waals surface area contributed by atoms with E-state index >= 15 is 0 Å². The maximum absolute atomic E-state index is 5.68. The van der Waals surface area contributed by atoms with Gasteiger partial charge >= 0.3 is 0 Å². The molecule has 2 aromatic rings. The molecule has 0 spiro atoms. The van der Waals surface area contributed by atoms with E-state index in [4.69, 9.17) is 9.47 Å². The summed E-state index contributed by atoms with van der Waals surface area (Å²) in [5, 5.41) is 3.37. The number of aliphatic imine (C=N–C) groups is 1. The van der Waals surface area contributed by atoms with Gasteiger partial charge in [0.25, 0.3) is 0 Å². The third-order valence-electron chi connectivity index (χ3n) is 3.75. The number of guanidine groups is 1. The molecular weight excluding hydrogens is 523 g/mol. The van der Waals surface area contributed by atoms with Gasteiger partial charge in [-0.3, -0.25) is 4.99 Å². The first-order valence-corrected chi connectivity index (χ1v) is 9.15. The second-order valence-electron chi connectivity index (χ2n) is 5.66.